The fourth-order valence-electron chi connectivity index (χ4n) is 6.73. The highest BCUT2D eigenvalue weighted by Crippen LogP contribution is 2.58. The number of nitrogens with one attached hydrogen (secondary N) is 2. The van der Waals surface area contributed by atoms with Gasteiger partial charge in [0.05, 0.1) is 12.1 Å². The number of nitrogens with zero attached hydrogens (tertiary/aromatic N) is 1. The molecule has 3 aromatic carbocycles. The number of anilines is 1. The van der Waals surface area contributed by atoms with Crippen molar-refractivity contribution in [2.24, 2.45) is 0 Å². The van der Waals surface area contributed by atoms with Gasteiger partial charge < -0.3 is 25.0 Å². The van der Waals surface area contributed by atoms with Crippen molar-refractivity contribution in [1.29, 1.82) is 0 Å². The van der Waals surface area contributed by atoms with E-state index >= 15 is 0 Å². The van der Waals surface area contributed by atoms with E-state index in [1.54, 1.807) is 23.1 Å². The quantitative estimate of drug-likeness (QED) is 0.290. The third-order valence-electron chi connectivity index (χ3n) is 8.62. The summed E-state index contributed by atoms with van der Waals surface area (Å²) in [4.78, 5) is 42.0. The summed E-state index contributed by atoms with van der Waals surface area (Å²) in [6.07, 6.45) is 0.606. The highest BCUT2D eigenvalue weighted by Gasteiger charge is 2.61. The maximum Gasteiger partial charge on any atom is 0.410 e. The Bertz CT molecular complexity index is 1630. The molecule has 0 radical (unpaired) electrons. The number of hydrogen-bond acceptors (Lipinski definition) is 5. The molecule has 6 rings (SSSR count). The monoisotopic (exact) mass is 699 g/mol. The van der Waals surface area contributed by atoms with Crippen LogP contribution in [0.2, 0.25) is 10.0 Å². The van der Waals surface area contributed by atoms with Gasteiger partial charge in [0.15, 0.2) is 0 Å². The Labute approximate surface area is 274 Å². The number of halogens is 3. The molecule has 0 saturated carbocycles. The van der Waals surface area contributed by atoms with Crippen LogP contribution < -0.4 is 15.4 Å². The van der Waals surface area contributed by atoms with Gasteiger partial charge >= 0.3 is 6.09 Å². The first-order chi connectivity index (χ1) is 21.1. The number of carbonyl (C=O) groups excluding carboxylic acids is 3. The molecule has 44 heavy (non-hydrogen) atoms. The fraction of sp³-hybridized carbons (Fsp3) is 0.364. The summed E-state index contributed by atoms with van der Waals surface area (Å²) in [7, 11) is 0. The Kier molecular flexibility index (Phi) is 8.56. The van der Waals surface area contributed by atoms with Crippen molar-refractivity contribution in [1.82, 2.24) is 10.2 Å². The summed E-state index contributed by atoms with van der Waals surface area (Å²) in [5, 5.41) is 7.25. The molecular weight excluding hydrogens is 669 g/mol. The van der Waals surface area contributed by atoms with Gasteiger partial charge in [-0.15, -0.1) is 0 Å². The molecule has 0 aliphatic carbocycles. The Morgan fingerprint density at radius 1 is 1.02 bits per heavy atom. The Balaban J connectivity index is 1.42. The summed E-state index contributed by atoms with van der Waals surface area (Å²) >= 11 is 16.4. The van der Waals surface area contributed by atoms with E-state index in [4.69, 9.17) is 32.7 Å². The number of hydrogen-bond donors (Lipinski definition) is 2. The van der Waals surface area contributed by atoms with Crippen molar-refractivity contribution >= 4 is 62.7 Å². The molecule has 8 nitrogen and oxygen atoms in total. The average molecular weight is 701 g/mol. The summed E-state index contributed by atoms with van der Waals surface area (Å²) in [5.74, 6) is -0.413. The second-order valence-corrected chi connectivity index (χ2v) is 13.5. The third-order valence-corrected chi connectivity index (χ3v) is 9.58. The molecule has 3 atom stereocenters. The number of likely N-dealkylation sites (tertiary alicyclic amines) is 1. The zero-order valence-electron chi connectivity index (χ0n) is 24.2. The van der Waals surface area contributed by atoms with Crippen LogP contribution in [0.4, 0.5) is 10.5 Å². The lowest BCUT2D eigenvalue weighted by molar-refractivity contribution is -0.131. The molecular formula is C33H32BrCl2N3O5. The topological polar surface area (TPSA) is 97.0 Å². The largest absolute Gasteiger partial charge is 0.490 e. The van der Waals surface area contributed by atoms with E-state index in [1.807, 2.05) is 56.3 Å². The van der Waals surface area contributed by atoms with Crippen molar-refractivity contribution in [3.63, 3.8) is 0 Å². The molecule has 0 aromatic heterocycles. The second-order valence-electron chi connectivity index (χ2n) is 11.7. The van der Waals surface area contributed by atoms with Gasteiger partial charge in [-0.1, -0.05) is 57.3 Å². The standard InChI is InChI=1S/C33H32BrCl2N3O5/c1-18(2)43-32(42)39-12-10-23(11-13-39)44-28-9-6-20(34)15-24(28)30-33(25-8-7-22(36)16-27(25)37-31(33)41)26(17-29(40)38-30)19-4-3-5-21(35)14-19/h3-9,14-16,18,23,26,30H,10-13,17H2,1-2H3,(H,37,41)(H,38,40)/t26-,30+,33-/m0/s1. The molecule has 3 amide bonds. The summed E-state index contributed by atoms with van der Waals surface area (Å²) in [6, 6.07) is 17.6. The number of ether oxygens (including phenoxy) is 2. The first kappa shape index (κ1) is 30.7. The first-order valence-electron chi connectivity index (χ1n) is 14.6. The number of rotatable bonds is 5. The van der Waals surface area contributed by atoms with Crippen LogP contribution in [0.3, 0.4) is 0 Å². The van der Waals surface area contributed by atoms with Crippen LogP contribution in [0.25, 0.3) is 0 Å². The molecule has 230 valence electrons. The van der Waals surface area contributed by atoms with Crippen molar-refractivity contribution in [2.75, 3.05) is 18.4 Å². The van der Waals surface area contributed by atoms with E-state index in [2.05, 4.69) is 26.6 Å². The predicted octanol–water partition coefficient (Wildman–Crippen LogP) is 7.38. The van der Waals surface area contributed by atoms with Crippen LogP contribution in [0.15, 0.2) is 65.1 Å². The molecule has 3 heterocycles. The van der Waals surface area contributed by atoms with Crippen molar-refractivity contribution in [2.45, 2.75) is 62.7 Å². The minimum absolute atomic E-state index is 0.0848. The zero-order valence-corrected chi connectivity index (χ0v) is 27.3. The fourth-order valence-corrected chi connectivity index (χ4v) is 7.48. The predicted molar refractivity (Wildman–Crippen MR) is 172 cm³/mol. The molecule has 2 saturated heterocycles. The van der Waals surface area contributed by atoms with Crippen LogP contribution in [-0.2, 0) is 19.7 Å². The van der Waals surface area contributed by atoms with Gasteiger partial charge in [-0.25, -0.2) is 4.79 Å². The number of amides is 3. The van der Waals surface area contributed by atoms with Gasteiger partial charge in [0, 0.05) is 64.0 Å². The van der Waals surface area contributed by atoms with Crippen molar-refractivity contribution in [3.05, 3.63) is 91.9 Å². The van der Waals surface area contributed by atoms with E-state index in [9.17, 15) is 14.4 Å². The van der Waals surface area contributed by atoms with E-state index in [0.717, 1.165) is 15.6 Å². The molecule has 3 aliphatic rings. The van der Waals surface area contributed by atoms with Gasteiger partial charge in [-0.3, -0.25) is 9.59 Å². The van der Waals surface area contributed by atoms with Gasteiger partial charge in [0.1, 0.15) is 17.3 Å². The zero-order chi connectivity index (χ0) is 31.2. The molecule has 11 heteroatoms. The Morgan fingerprint density at radius 2 is 1.77 bits per heavy atom. The maximum atomic E-state index is 14.4. The number of piperidine rings is 2. The number of carbonyl (C=O) groups is 3. The van der Waals surface area contributed by atoms with Crippen LogP contribution in [0.5, 0.6) is 5.75 Å². The maximum absolute atomic E-state index is 14.4. The summed E-state index contributed by atoms with van der Waals surface area (Å²) in [6.45, 7) is 4.65. The molecule has 1 spiro atoms. The van der Waals surface area contributed by atoms with E-state index in [1.165, 1.54) is 0 Å². The molecule has 3 aromatic rings. The van der Waals surface area contributed by atoms with Crippen LogP contribution in [-0.4, -0.2) is 48.1 Å². The minimum Gasteiger partial charge on any atom is -0.490 e. The molecule has 0 unspecified atom stereocenters. The summed E-state index contributed by atoms with van der Waals surface area (Å²) in [5.41, 5.74) is 1.56. The smallest absolute Gasteiger partial charge is 0.410 e. The van der Waals surface area contributed by atoms with Crippen LogP contribution >= 0.6 is 39.1 Å². The second kappa shape index (κ2) is 12.3. The Hall–Kier alpha value is -3.27. The van der Waals surface area contributed by atoms with Gasteiger partial charge in [0.25, 0.3) is 0 Å². The minimum atomic E-state index is -1.23. The lowest BCUT2D eigenvalue weighted by atomic mass is 9.59. The summed E-state index contributed by atoms with van der Waals surface area (Å²) < 4.78 is 12.8. The van der Waals surface area contributed by atoms with Crippen LogP contribution in [0.1, 0.15) is 61.8 Å². The van der Waals surface area contributed by atoms with E-state index in [-0.39, 0.29) is 36.5 Å². The first-order valence-corrected chi connectivity index (χ1v) is 16.2. The van der Waals surface area contributed by atoms with Crippen molar-refractivity contribution in [3.8, 4) is 5.75 Å². The molecule has 3 aliphatic heterocycles. The lowest BCUT2D eigenvalue weighted by Gasteiger charge is -2.47. The van der Waals surface area contributed by atoms with E-state index in [0.29, 0.717) is 53.0 Å². The van der Waals surface area contributed by atoms with Gasteiger partial charge in [-0.2, -0.15) is 0 Å². The van der Waals surface area contributed by atoms with Crippen molar-refractivity contribution < 1.29 is 23.9 Å². The molecule has 2 fully saturated rings. The lowest BCUT2D eigenvalue weighted by Crippen LogP contribution is -2.57. The highest BCUT2D eigenvalue weighted by atomic mass is 79.9. The molecule has 0 bridgehead atoms. The van der Waals surface area contributed by atoms with E-state index < -0.39 is 17.4 Å². The number of benzene rings is 3. The van der Waals surface area contributed by atoms with Crippen LogP contribution in [0, 0.1) is 0 Å². The SMILES string of the molecule is CC(C)OC(=O)N1CCC(Oc2ccc(Br)cc2[C@H]2NC(=O)C[C@@H](c3cccc(Cl)c3)[C@]23C(=O)Nc2cc(Cl)ccc23)CC1. The Morgan fingerprint density at radius 3 is 2.50 bits per heavy atom. The third kappa shape index (κ3) is 5.66. The number of fused-ring (bicyclic) bond motifs is 2. The average Bonchev–Trinajstić information content (AvgIpc) is 3.25. The van der Waals surface area contributed by atoms with Gasteiger partial charge in [0.2, 0.25) is 11.8 Å². The normalized spacial score (nSPS) is 23.4. The van der Waals surface area contributed by atoms with Gasteiger partial charge in [-0.05, 0) is 67.4 Å². The highest BCUT2D eigenvalue weighted by molar-refractivity contribution is 9.10. The molecule has 2 N–H and O–H groups in total.